The maximum absolute atomic E-state index is 11.0. The molecule has 4 nitrogen and oxygen atoms in total. The largest absolute Gasteiger partial charge is 0.489 e. The van der Waals surface area contributed by atoms with Crippen LogP contribution in [0.5, 0.6) is 5.75 Å². The Kier molecular flexibility index (Phi) is 4.93. The third-order valence-electron chi connectivity index (χ3n) is 4.17. The zero-order valence-corrected chi connectivity index (χ0v) is 13.0. The van der Waals surface area contributed by atoms with E-state index in [-0.39, 0.29) is 5.92 Å². The second kappa shape index (κ2) is 7.29. The molecule has 0 saturated carbocycles. The summed E-state index contributed by atoms with van der Waals surface area (Å²) in [6.07, 6.45) is 0.736. The zero-order valence-electron chi connectivity index (χ0n) is 13.0. The fraction of sp³-hybridized carbons (Fsp3) is 0.316. The number of likely N-dealkylation sites (tertiary alicyclic amines) is 1. The van der Waals surface area contributed by atoms with Gasteiger partial charge in [0.25, 0.3) is 0 Å². The van der Waals surface area contributed by atoms with Gasteiger partial charge in [-0.15, -0.1) is 0 Å². The number of carboxylic acid groups (broad SMARTS) is 1. The van der Waals surface area contributed by atoms with Crippen LogP contribution in [-0.2, 0) is 17.9 Å². The summed E-state index contributed by atoms with van der Waals surface area (Å²) in [7, 11) is 0. The first-order chi connectivity index (χ1) is 11.2. The molecule has 2 aromatic rings. The number of carboxylic acids is 1. The molecule has 0 bridgehead atoms. The maximum Gasteiger partial charge on any atom is 0.307 e. The van der Waals surface area contributed by atoms with Crippen LogP contribution in [0.4, 0.5) is 0 Å². The zero-order chi connectivity index (χ0) is 16.1. The van der Waals surface area contributed by atoms with E-state index in [4.69, 9.17) is 9.84 Å². The Hall–Kier alpha value is -2.33. The smallest absolute Gasteiger partial charge is 0.307 e. The fourth-order valence-electron chi connectivity index (χ4n) is 2.91. The van der Waals surface area contributed by atoms with Crippen LogP contribution in [0.2, 0.25) is 0 Å². The lowest BCUT2D eigenvalue weighted by Gasteiger charge is -2.16. The van der Waals surface area contributed by atoms with Crippen molar-refractivity contribution in [1.82, 2.24) is 4.90 Å². The Morgan fingerprint density at radius 1 is 1.13 bits per heavy atom. The van der Waals surface area contributed by atoms with E-state index in [0.29, 0.717) is 13.2 Å². The van der Waals surface area contributed by atoms with Gasteiger partial charge in [0.05, 0.1) is 5.92 Å². The Labute approximate surface area is 136 Å². The first-order valence-electron chi connectivity index (χ1n) is 7.91. The lowest BCUT2D eigenvalue weighted by molar-refractivity contribution is -0.141. The quantitative estimate of drug-likeness (QED) is 0.890. The van der Waals surface area contributed by atoms with Gasteiger partial charge in [-0.1, -0.05) is 42.5 Å². The molecule has 0 spiro atoms. The molecule has 4 heteroatoms. The van der Waals surface area contributed by atoms with E-state index in [2.05, 4.69) is 11.0 Å². The molecule has 1 N–H and O–H groups in total. The van der Waals surface area contributed by atoms with Crippen LogP contribution in [0.15, 0.2) is 54.6 Å². The van der Waals surface area contributed by atoms with Crippen molar-refractivity contribution in [2.75, 3.05) is 13.1 Å². The van der Waals surface area contributed by atoms with Gasteiger partial charge in [0.2, 0.25) is 0 Å². The highest BCUT2D eigenvalue weighted by atomic mass is 16.5. The Morgan fingerprint density at radius 3 is 2.65 bits per heavy atom. The molecular formula is C19H21NO3. The van der Waals surface area contributed by atoms with Crippen molar-refractivity contribution < 1.29 is 14.6 Å². The normalized spacial score (nSPS) is 18.0. The van der Waals surface area contributed by atoms with E-state index in [0.717, 1.165) is 36.4 Å². The Morgan fingerprint density at radius 2 is 1.91 bits per heavy atom. The van der Waals surface area contributed by atoms with E-state index < -0.39 is 5.97 Å². The number of benzene rings is 2. The third kappa shape index (κ3) is 4.33. The van der Waals surface area contributed by atoms with Gasteiger partial charge >= 0.3 is 5.97 Å². The topological polar surface area (TPSA) is 49.8 Å². The standard InChI is InChI=1S/C19H21NO3/c21-19(22)17-9-10-20(13-17)12-16-7-4-8-18(11-16)23-14-15-5-2-1-3-6-15/h1-8,11,17H,9-10,12-14H2,(H,21,22). The average Bonchev–Trinajstić information content (AvgIpc) is 3.03. The summed E-state index contributed by atoms with van der Waals surface area (Å²) in [5, 5.41) is 9.07. The van der Waals surface area contributed by atoms with Gasteiger partial charge in [-0.25, -0.2) is 0 Å². The summed E-state index contributed by atoms with van der Waals surface area (Å²) in [5.41, 5.74) is 2.29. The van der Waals surface area contributed by atoms with Gasteiger partial charge in [0, 0.05) is 13.1 Å². The molecule has 1 unspecified atom stereocenters. The van der Waals surface area contributed by atoms with Gasteiger partial charge in [-0.2, -0.15) is 0 Å². The van der Waals surface area contributed by atoms with Crippen molar-refractivity contribution in [2.45, 2.75) is 19.6 Å². The molecule has 1 aliphatic heterocycles. The highest BCUT2D eigenvalue weighted by Crippen LogP contribution is 2.21. The molecule has 120 valence electrons. The fourth-order valence-corrected chi connectivity index (χ4v) is 2.91. The van der Waals surface area contributed by atoms with Crippen LogP contribution in [0.1, 0.15) is 17.5 Å². The van der Waals surface area contributed by atoms with Crippen LogP contribution in [0.25, 0.3) is 0 Å². The van der Waals surface area contributed by atoms with Crippen molar-refractivity contribution >= 4 is 5.97 Å². The first-order valence-corrected chi connectivity index (χ1v) is 7.91. The van der Waals surface area contributed by atoms with Crippen molar-refractivity contribution in [2.24, 2.45) is 5.92 Å². The number of carbonyl (C=O) groups is 1. The minimum atomic E-state index is -0.688. The van der Waals surface area contributed by atoms with Crippen LogP contribution in [0.3, 0.4) is 0 Å². The SMILES string of the molecule is O=C(O)C1CCN(Cc2cccc(OCc3ccccc3)c2)C1. The minimum absolute atomic E-state index is 0.229. The van der Waals surface area contributed by atoms with Crippen LogP contribution >= 0.6 is 0 Å². The van der Waals surface area contributed by atoms with Crippen LogP contribution in [-0.4, -0.2) is 29.1 Å². The lowest BCUT2D eigenvalue weighted by atomic mass is 10.1. The molecular weight excluding hydrogens is 290 g/mol. The van der Waals surface area contributed by atoms with E-state index in [1.807, 2.05) is 48.5 Å². The highest BCUT2D eigenvalue weighted by molar-refractivity contribution is 5.70. The number of ether oxygens (including phenoxy) is 1. The number of rotatable bonds is 6. The summed E-state index contributed by atoms with van der Waals surface area (Å²) in [6.45, 7) is 2.79. The van der Waals surface area contributed by atoms with Gasteiger partial charge in [-0.3, -0.25) is 9.69 Å². The number of nitrogens with zero attached hydrogens (tertiary/aromatic N) is 1. The Balaban J connectivity index is 1.56. The van der Waals surface area contributed by atoms with Crippen molar-refractivity contribution in [3.8, 4) is 5.75 Å². The molecule has 0 radical (unpaired) electrons. The molecule has 2 aromatic carbocycles. The molecule has 1 fully saturated rings. The Bertz CT molecular complexity index is 657. The van der Waals surface area contributed by atoms with Gasteiger partial charge in [0.1, 0.15) is 12.4 Å². The van der Waals surface area contributed by atoms with Crippen LogP contribution < -0.4 is 4.74 Å². The van der Waals surface area contributed by atoms with E-state index in [1.165, 1.54) is 0 Å². The summed E-state index contributed by atoms with van der Waals surface area (Å²) in [6, 6.07) is 18.1. The lowest BCUT2D eigenvalue weighted by Crippen LogP contribution is -2.22. The predicted octanol–water partition coefficient (Wildman–Crippen LogP) is 3.17. The molecule has 0 aliphatic carbocycles. The predicted molar refractivity (Wildman–Crippen MR) is 88.2 cm³/mol. The average molecular weight is 311 g/mol. The van der Waals surface area contributed by atoms with Crippen molar-refractivity contribution in [3.63, 3.8) is 0 Å². The second-order valence-electron chi connectivity index (χ2n) is 5.98. The highest BCUT2D eigenvalue weighted by Gasteiger charge is 2.27. The molecule has 3 rings (SSSR count). The molecule has 1 heterocycles. The van der Waals surface area contributed by atoms with Gasteiger partial charge in [0.15, 0.2) is 0 Å². The molecule has 0 amide bonds. The molecule has 0 aromatic heterocycles. The second-order valence-corrected chi connectivity index (χ2v) is 5.98. The van der Waals surface area contributed by atoms with Gasteiger partial charge < -0.3 is 9.84 Å². The van der Waals surface area contributed by atoms with E-state index >= 15 is 0 Å². The van der Waals surface area contributed by atoms with E-state index in [9.17, 15) is 4.79 Å². The van der Waals surface area contributed by atoms with Crippen molar-refractivity contribution in [1.29, 1.82) is 0 Å². The third-order valence-corrected chi connectivity index (χ3v) is 4.17. The molecule has 1 aliphatic rings. The number of hydrogen-bond acceptors (Lipinski definition) is 3. The van der Waals surface area contributed by atoms with Crippen LogP contribution in [0, 0.1) is 5.92 Å². The molecule has 1 saturated heterocycles. The molecule has 1 atom stereocenters. The minimum Gasteiger partial charge on any atom is -0.489 e. The first kappa shape index (κ1) is 15.6. The van der Waals surface area contributed by atoms with Gasteiger partial charge in [-0.05, 0) is 36.2 Å². The number of hydrogen-bond donors (Lipinski definition) is 1. The summed E-state index contributed by atoms with van der Waals surface area (Å²) >= 11 is 0. The monoisotopic (exact) mass is 311 g/mol. The summed E-state index contributed by atoms with van der Waals surface area (Å²) < 4.78 is 5.84. The van der Waals surface area contributed by atoms with E-state index in [1.54, 1.807) is 0 Å². The number of aliphatic carboxylic acids is 1. The molecule has 23 heavy (non-hydrogen) atoms. The van der Waals surface area contributed by atoms with Crippen molar-refractivity contribution in [3.05, 3.63) is 65.7 Å². The maximum atomic E-state index is 11.0. The summed E-state index contributed by atoms with van der Waals surface area (Å²) in [4.78, 5) is 13.2. The summed E-state index contributed by atoms with van der Waals surface area (Å²) in [5.74, 6) is -0.0692.